The molecule has 0 unspecified atom stereocenters. The van der Waals surface area contributed by atoms with Crippen molar-refractivity contribution in [2.75, 3.05) is 0 Å². The van der Waals surface area contributed by atoms with Crippen LogP contribution < -0.4 is 5.32 Å². The molecule has 1 aromatic carbocycles. The summed E-state index contributed by atoms with van der Waals surface area (Å²) in [6, 6.07) is 10.7. The number of carbonyl (C=O) groups is 1. The number of nitriles is 1. The number of furan rings is 1. The molecule has 4 nitrogen and oxygen atoms in total. The highest BCUT2D eigenvalue weighted by Gasteiger charge is 2.24. The van der Waals surface area contributed by atoms with Crippen LogP contribution in [0.25, 0.3) is 17.4 Å². The van der Waals surface area contributed by atoms with E-state index in [1.807, 2.05) is 6.07 Å². The van der Waals surface area contributed by atoms with Gasteiger partial charge in [0, 0.05) is 22.7 Å². The Balaban J connectivity index is 1.77. The van der Waals surface area contributed by atoms with Gasteiger partial charge in [0.25, 0.3) is 5.91 Å². The summed E-state index contributed by atoms with van der Waals surface area (Å²) >= 11 is 12.1. The van der Waals surface area contributed by atoms with Gasteiger partial charge in [-0.05, 0) is 49.1 Å². The van der Waals surface area contributed by atoms with Crippen molar-refractivity contribution >= 4 is 35.2 Å². The summed E-state index contributed by atoms with van der Waals surface area (Å²) in [5, 5.41) is 13.4. The Hall–Kier alpha value is -2.22. The molecule has 3 rings (SSSR count). The lowest BCUT2D eigenvalue weighted by Gasteiger charge is -2.29. The summed E-state index contributed by atoms with van der Waals surface area (Å²) in [5.74, 6) is 1.02. The second-order valence-electron chi connectivity index (χ2n) is 6.84. The van der Waals surface area contributed by atoms with Crippen molar-refractivity contribution in [3.8, 4) is 17.4 Å². The smallest absolute Gasteiger partial charge is 0.262 e. The topological polar surface area (TPSA) is 66.0 Å². The van der Waals surface area contributed by atoms with Crippen LogP contribution >= 0.6 is 23.2 Å². The van der Waals surface area contributed by atoms with E-state index < -0.39 is 0 Å². The minimum Gasteiger partial charge on any atom is -0.457 e. The van der Waals surface area contributed by atoms with Crippen molar-refractivity contribution in [2.24, 2.45) is 5.92 Å². The summed E-state index contributed by atoms with van der Waals surface area (Å²) in [6.45, 7) is 2.13. The third-order valence-corrected chi connectivity index (χ3v) is 5.45. The van der Waals surface area contributed by atoms with Gasteiger partial charge in [-0.3, -0.25) is 4.79 Å². The second-order valence-corrected chi connectivity index (χ2v) is 7.68. The van der Waals surface area contributed by atoms with Crippen LogP contribution in [0, 0.1) is 17.2 Å². The molecule has 1 aliphatic rings. The third-order valence-electron chi connectivity index (χ3n) is 4.90. The maximum Gasteiger partial charge on any atom is 0.262 e. The van der Waals surface area contributed by atoms with Gasteiger partial charge in [-0.2, -0.15) is 5.26 Å². The Morgan fingerprint density at radius 2 is 2.04 bits per heavy atom. The lowest BCUT2D eigenvalue weighted by Crippen LogP contribution is -2.41. The first-order valence-corrected chi connectivity index (χ1v) is 9.71. The van der Waals surface area contributed by atoms with E-state index in [1.165, 1.54) is 12.5 Å². The first-order valence-electron chi connectivity index (χ1n) is 8.96. The van der Waals surface area contributed by atoms with Crippen LogP contribution in [-0.4, -0.2) is 11.9 Å². The fourth-order valence-corrected chi connectivity index (χ4v) is 3.83. The van der Waals surface area contributed by atoms with Crippen molar-refractivity contribution in [2.45, 2.75) is 38.6 Å². The van der Waals surface area contributed by atoms with E-state index in [0.29, 0.717) is 33.0 Å². The van der Waals surface area contributed by atoms with Gasteiger partial charge in [-0.15, -0.1) is 0 Å². The number of rotatable bonds is 4. The van der Waals surface area contributed by atoms with Crippen LogP contribution in [0.3, 0.4) is 0 Å². The van der Waals surface area contributed by atoms with E-state index in [2.05, 4.69) is 12.2 Å². The van der Waals surface area contributed by atoms with Crippen molar-refractivity contribution < 1.29 is 9.21 Å². The highest BCUT2D eigenvalue weighted by atomic mass is 35.5. The fraction of sp³-hybridized carbons (Fsp3) is 0.333. The standard InChI is InChI=1S/C21H20Cl2N2O2/c1-13-4-2-3-5-19(13)25-21(26)14(12-24)10-16-7-9-20(27-16)17-8-6-15(22)11-18(17)23/h6-11,13,19H,2-5H2,1H3,(H,25,26)/b14-10+/t13-,19+/m1/s1. The largest absolute Gasteiger partial charge is 0.457 e. The molecule has 1 amide bonds. The SMILES string of the molecule is C[C@@H]1CCCC[C@@H]1NC(=O)/C(C#N)=C/c1ccc(-c2ccc(Cl)cc2Cl)o1. The zero-order valence-corrected chi connectivity index (χ0v) is 16.5. The van der Waals surface area contributed by atoms with E-state index in [1.54, 1.807) is 30.3 Å². The quantitative estimate of drug-likeness (QED) is 0.514. The lowest BCUT2D eigenvalue weighted by atomic mass is 9.86. The zero-order chi connectivity index (χ0) is 19.4. The Morgan fingerprint density at radius 1 is 1.26 bits per heavy atom. The Kier molecular flexibility index (Phi) is 6.26. The minimum absolute atomic E-state index is 0.0240. The van der Waals surface area contributed by atoms with Crippen LogP contribution in [0.2, 0.25) is 10.0 Å². The summed E-state index contributed by atoms with van der Waals surface area (Å²) in [6.07, 6.45) is 5.79. The molecule has 0 spiro atoms. The average Bonchev–Trinajstić information content (AvgIpc) is 3.09. The molecule has 6 heteroatoms. The molecule has 1 aromatic heterocycles. The van der Waals surface area contributed by atoms with Crippen LogP contribution in [0.1, 0.15) is 38.4 Å². The van der Waals surface area contributed by atoms with Gasteiger partial charge >= 0.3 is 0 Å². The molecule has 0 saturated heterocycles. The maximum absolute atomic E-state index is 12.5. The summed E-state index contributed by atoms with van der Waals surface area (Å²) < 4.78 is 5.75. The Labute approximate surface area is 168 Å². The van der Waals surface area contributed by atoms with Gasteiger partial charge in [0.2, 0.25) is 0 Å². The Bertz CT molecular complexity index is 911. The summed E-state index contributed by atoms with van der Waals surface area (Å²) in [5.41, 5.74) is 0.718. The maximum atomic E-state index is 12.5. The number of hydrogen-bond donors (Lipinski definition) is 1. The average molecular weight is 403 g/mol. The van der Waals surface area contributed by atoms with Gasteiger partial charge in [-0.25, -0.2) is 0 Å². The lowest BCUT2D eigenvalue weighted by molar-refractivity contribution is -0.118. The van der Waals surface area contributed by atoms with Crippen molar-refractivity contribution in [3.05, 3.63) is 51.7 Å². The molecule has 1 aliphatic carbocycles. The predicted octanol–water partition coefficient (Wildman–Crippen LogP) is 5.86. The number of amides is 1. The van der Waals surface area contributed by atoms with Gasteiger partial charge < -0.3 is 9.73 Å². The van der Waals surface area contributed by atoms with Crippen molar-refractivity contribution in [3.63, 3.8) is 0 Å². The van der Waals surface area contributed by atoms with Gasteiger partial charge in [0.05, 0.1) is 5.02 Å². The molecule has 1 N–H and O–H groups in total. The van der Waals surface area contributed by atoms with E-state index in [0.717, 1.165) is 19.3 Å². The first-order chi connectivity index (χ1) is 13.0. The molecule has 140 valence electrons. The minimum atomic E-state index is -0.362. The molecular formula is C21H20Cl2N2O2. The van der Waals surface area contributed by atoms with E-state index in [4.69, 9.17) is 27.6 Å². The number of nitrogens with one attached hydrogen (secondary N) is 1. The molecule has 27 heavy (non-hydrogen) atoms. The van der Waals surface area contributed by atoms with Crippen LogP contribution in [0.5, 0.6) is 0 Å². The number of benzene rings is 1. The molecule has 1 saturated carbocycles. The molecule has 0 radical (unpaired) electrons. The summed E-state index contributed by atoms with van der Waals surface area (Å²) in [4.78, 5) is 12.5. The van der Waals surface area contributed by atoms with Crippen molar-refractivity contribution in [1.82, 2.24) is 5.32 Å². The molecule has 0 aliphatic heterocycles. The molecule has 2 atom stereocenters. The second kappa shape index (κ2) is 8.65. The third kappa shape index (κ3) is 4.74. The van der Waals surface area contributed by atoms with Gasteiger partial charge in [0.1, 0.15) is 23.2 Å². The van der Waals surface area contributed by atoms with E-state index in [9.17, 15) is 10.1 Å². The van der Waals surface area contributed by atoms with Crippen LogP contribution in [0.15, 0.2) is 40.3 Å². The number of nitrogens with zero attached hydrogens (tertiary/aromatic N) is 1. The number of hydrogen-bond acceptors (Lipinski definition) is 3. The highest BCUT2D eigenvalue weighted by Crippen LogP contribution is 2.32. The predicted molar refractivity (Wildman–Crippen MR) is 107 cm³/mol. The number of halogens is 2. The normalized spacial score (nSPS) is 20.1. The zero-order valence-electron chi connectivity index (χ0n) is 15.0. The van der Waals surface area contributed by atoms with Gasteiger partial charge in [-0.1, -0.05) is 43.0 Å². The molecule has 0 bridgehead atoms. The molecule has 2 aromatic rings. The molecular weight excluding hydrogens is 383 g/mol. The van der Waals surface area contributed by atoms with E-state index in [-0.39, 0.29) is 17.5 Å². The first kappa shape index (κ1) is 19.5. The van der Waals surface area contributed by atoms with Crippen molar-refractivity contribution in [1.29, 1.82) is 5.26 Å². The van der Waals surface area contributed by atoms with E-state index >= 15 is 0 Å². The molecule has 1 heterocycles. The fourth-order valence-electron chi connectivity index (χ4n) is 3.33. The monoisotopic (exact) mass is 402 g/mol. The molecule has 1 fully saturated rings. The van der Waals surface area contributed by atoms with Gasteiger partial charge in [0.15, 0.2) is 0 Å². The number of carbonyl (C=O) groups excluding carboxylic acids is 1. The van der Waals surface area contributed by atoms with Crippen LogP contribution in [0.4, 0.5) is 0 Å². The van der Waals surface area contributed by atoms with Crippen LogP contribution in [-0.2, 0) is 4.79 Å². The Morgan fingerprint density at radius 3 is 2.74 bits per heavy atom. The summed E-state index contributed by atoms with van der Waals surface area (Å²) in [7, 11) is 0. The highest BCUT2D eigenvalue weighted by molar-refractivity contribution is 6.36.